The van der Waals surface area contributed by atoms with Crippen LogP contribution in [0.1, 0.15) is 51.7 Å². The van der Waals surface area contributed by atoms with Crippen molar-refractivity contribution in [2.24, 2.45) is 5.73 Å². The van der Waals surface area contributed by atoms with Crippen LogP contribution in [-0.2, 0) is 11.8 Å². The Morgan fingerprint density at radius 3 is 2.37 bits per heavy atom. The highest BCUT2D eigenvalue weighted by Crippen LogP contribution is 2.23. The molecule has 0 aliphatic rings. The van der Waals surface area contributed by atoms with Crippen molar-refractivity contribution in [1.82, 2.24) is 5.32 Å². The van der Waals surface area contributed by atoms with Crippen LogP contribution in [0.5, 0.6) is 0 Å². The van der Waals surface area contributed by atoms with E-state index in [1.54, 1.807) is 0 Å². The van der Waals surface area contributed by atoms with Crippen LogP contribution in [0.4, 0.5) is 0 Å². The predicted octanol–water partition coefficient (Wildman–Crippen LogP) is 3.24. The molecule has 19 heavy (non-hydrogen) atoms. The molecule has 0 aliphatic heterocycles. The molecule has 0 heterocycles. The predicted molar refractivity (Wildman–Crippen MR) is 84.6 cm³/mol. The lowest BCUT2D eigenvalue weighted by atomic mass is 9.84. The van der Waals surface area contributed by atoms with E-state index in [2.05, 4.69) is 57.3 Å². The van der Waals surface area contributed by atoms with Gasteiger partial charge >= 0.3 is 0 Å². The number of rotatable bonds is 8. The van der Waals surface area contributed by atoms with E-state index in [9.17, 15) is 0 Å². The fourth-order valence-corrected chi connectivity index (χ4v) is 2.24. The zero-order valence-electron chi connectivity index (χ0n) is 13.0. The molecule has 108 valence electrons. The van der Waals surface area contributed by atoms with E-state index in [-0.39, 0.29) is 11.5 Å². The zero-order valence-corrected chi connectivity index (χ0v) is 13.0. The van der Waals surface area contributed by atoms with E-state index in [1.807, 2.05) is 0 Å². The molecule has 1 aromatic rings. The van der Waals surface area contributed by atoms with Crippen molar-refractivity contribution in [3.8, 4) is 0 Å². The van der Waals surface area contributed by atoms with Crippen molar-refractivity contribution in [3.63, 3.8) is 0 Å². The number of aryl methyl sites for hydroxylation is 1. The quantitative estimate of drug-likeness (QED) is 0.706. The van der Waals surface area contributed by atoms with E-state index in [4.69, 9.17) is 5.73 Å². The van der Waals surface area contributed by atoms with Crippen molar-refractivity contribution in [1.29, 1.82) is 0 Å². The molecule has 0 radical (unpaired) electrons. The summed E-state index contributed by atoms with van der Waals surface area (Å²) in [7, 11) is 0. The van der Waals surface area contributed by atoms with Gasteiger partial charge in [0.1, 0.15) is 0 Å². The highest BCUT2D eigenvalue weighted by atomic mass is 14.9. The Kier molecular flexibility index (Phi) is 6.53. The van der Waals surface area contributed by atoms with E-state index in [1.165, 1.54) is 24.0 Å². The Labute approximate surface area is 118 Å². The highest BCUT2D eigenvalue weighted by molar-refractivity contribution is 5.28. The highest BCUT2D eigenvalue weighted by Gasteiger charge is 2.19. The Hall–Kier alpha value is -0.860. The fourth-order valence-electron chi connectivity index (χ4n) is 2.24. The zero-order chi connectivity index (χ0) is 14.3. The van der Waals surface area contributed by atoms with Gasteiger partial charge in [-0.3, -0.25) is 0 Å². The first-order chi connectivity index (χ1) is 8.95. The molecular weight excluding hydrogens is 232 g/mol. The van der Waals surface area contributed by atoms with Gasteiger partial charge in [0.25, 0.3) is 0 Å². The molecule has 0 fully saturated rings. The molecule has 0 saturated carbocycles. The fraction of sp³-hybridized carbons (Fsp3) is 0.647. The lowest BCUT2D eigenvalue weighted by Crippen LogP contribution is -2.35. The smallest absolute Gasteiger partial charge is 0.00431 e. The normalized spacial score (nSPS) is 13.5. The largest absolute Gasteiger partial charge is 0.328 e. The van der Waals surface area contributed by atoms with Gasteiger partial charge in [-0.25, -0.2) is 0 Å². The van der Waals surface area contributed by atoms with E-state index in [0.717, 1.165) is 19.5 Å². The first kappa shape index (κ1) is 16.2. The van der Waals surface area contributed by atoms with E-state index < -0.39 is 0 Å². The van der Waals surface area contributed by atoms with Crippen molar-refractivity contribution in [3.05, 3.63) is 35.4 Å². The Morgan fingerprint density at radius 1 is 1.21 bits per heavy atom. The third kappa shape index (κ3) is 5.75. The van der Waals surface area contributed by atoms with Crippen molar-refractivity contribution in [2.75, 3.05) is 13.1 Å². The first-order valence-electron chi connectivity index (χ1n) is 7.51. The summed E-state index contributed by atoms with van der Waals surface area (Å²) in [6.45, 7) is 10.8. The summed E-state index contributed by atoms with van der Waals surface area (Å²) in [4.78, 5) is 0. The molecular formula is C17H30N2. The summed E-state index contributed by atoms with van der Waals surface area (Å²) in [5.74, 6) is 0. The lowest BCUT2D eigenvalue weighted by Gasteiger charge is -2.26. The van der Waals surface area contributed by atoms with Crippen molar-refractivity contribution < 1.29 is 0 Å². The van der Waals surface area contributed by atoms with Crippen LogP contribution in [-0.4, -0.2) is 19.1 Å². The van der Waals surface area contributed by atoms with Crippen LogP contribution in [0.3, 0.4) is 0 Å². The summed E-state index contributed by atoms with van der Waals surface area (Å²) in [5, 5.41) is 3.52. The van der Waals surface area contributed by atoms with Crippen LogP contribution >= 0.6 is 0 Å². The standard InChI is InChI=1S/C17H30N2/c1-5-6-15-7-9-16(10-8-15)17(3,4)13-19-12-11-14(2)18/h7-10,14,19H,5-6,11-13,18H2,1-4H3. The second kappa shape index (κ2) is 7.66. The first-order valence-corrected chi connectivity index (χ1v) is 7.51. The van der Waals surface area contributed by atoms with Crippen LogP contribution in [0.25, 0.3) is 0 Å². The van der Waals surface area contributed by atoms with Gasteiger partial charge in [-0.15, -0.1) is 0 Å². The van der Waals surface area contributed by atoms with Gasteiger partial charge in [-0.05, 0) is 37.4 Å². The molecule has 2 nitrogen and oxygen atoms in total. The van der Waals surface area contributed by atoms with Gasteiger partial charge in [0.15, 0.2) is 0 Å². The molecule has 0 saturated heterocycles. The number of benzene rings is 1. The molecule has 3 N–H and O–H groups in total. The average Bonchev–Trinajstić information content (AvgIpc) is 2.36. The molecule has 1 aromatic carbocycles. The summed E-state index contributed by atoms with van der Waals surface area (Å²) >= 11 is 0. The van der Waals surface area contributed by atoms with Crippen LogP contribution < -0.4 is 11.1 Å². The van der Waals surface area contributed by atoms with Crippen molar-refractivity contribution in [2.45, 2.75) is 58.4 Å². The van der Waals surface area contributed by atoms with Gasteiger partial charge in [0, 0.05) is 18.0 Å². The minimum absolute atomic E-state index is 0.169. The second-order valence-electron chi connectivity index (χ2n) is 6.27. The SMILES string of the molecule is CCCc1ccc(C(C)(C)CNCCC(C)N)cc1. The van der Waals surface area contributed by atoms with Crippen molar-refractivity contribution >= 4 is 0 Å². The van der Waals surface area contributed by atoms with Gasteiger partial charge < -0.3 is 11.1 Å². The molecule has 0 aliphatic carbocycles. The molecule has 0 spiro atoms. The molecule has 1 unspecified atom stereocenters. The summed E-state index contributed by atoms with van der Waals surface area (Å²) in [6, 6.07) is 9.37. The number of nitrogens with two attached hydrogens (primary N) is 1. The monoisotopic (exact) mass is 262 g/mol. The summed E-state index contributed by atoms with van der Waals surface area (Å²) in [5.41, 5.74) is 8.77. The summed E-state index contributed by atoms with van der Waals surface area (Å²) < 4.78 is 0. The minimum atomic E-state index is 0.169. The number of nitrogens with one attached hydrogen (secondary N) is 1. The molecule has 0 amide bonds. The number of hydrogen-bond donors (Lipinski definition) is 2. The number of hydrogen-bond acceptors (Lipinski definition) is 2. The molecule has 1 atom stereocenters. The van der Waals surface area contributed by atoms with Gasteiger partial charge in [-0.2, -0.15) is 0 Å². The topological polar surface area (TPSA) is 38.0 Å². The van der Waals surface area contributed by atoms with Crippen LogP contribution in [0, 0.1) is 0 Å². The minimum Gasteiger partial charge on any atom is -0.328 e. The third-order valence-electron chi connectivity index (χ3n) is 3.62. The van der Waals surface area contributed by atoms with E-state index >= 15 is 0 Å². The Balaban J connectivity index is 2.51. The van der Waals surface area contributed by atoms with Gasteiger partial charge in [0.2, 0.25) is 0 Å². The van der Waals surface area contributed by atoms with Crippen LogP contribution in [0.2, 0.25) is 0 Å². The summed E-state index contributed by atoms with van der Waals surface area (Å²) in [6.07, 6.45) is 3.42. The molecule has 1 rings (SSSR count). The molecule has 0 aromatic heterocycles. The maximum atomic E-state index is 5.76. The lowest BCUT2D eigenvalue weighted by molar-refractivity contribution is 0.458. The molecule has 2 heteroatoms. The Bertz CT molecular complexity index is 352. The van der Waals surface area contributed by atoms with Crippen LogP contribution in [0.15, 0.2) is 24.3 Å². The van der Waals surface area contributed by atoms with Gasteiger partial charge in [-0.1, -0.05) is 51.5 Å². The van der Waals surface area contributed by atoms with Gasteiger partial charge in [0.05, 0.1) is 0 Å². The maximum Gasteiger partial charge on any atom is 0.00431 e. The average molecular weight is 262 g/mol. The second-order valence-corrected chi connectivity index (χ2v) is 6.27. The third-order valence-corrected chi connectivity index (χ3v) is 3.62. The molecule has 0 bridgehead atoms. The maximum absolute atomic E-state index is 5.76. The Morgan fingerprint density at radius 2 is 1.84 bits per heavy atom. The van der Waals surface area contributed by atoms with E-state index in [0.29, 0.717) is 0 Å².